The van der Waals surface area contributed by atoms with Crippen LogP contribution in [0.3, 0.4) is 0 Å². The summed E-state index contributed by atoms with van der Waals surface area (Å²) in [5, 5.41) is 3.27. The van der Waals surface area contributed by atoms with Crippen LogP contribution >= 0.6 is 11.8 Å². The van der Waals surface area contributed by atoms with Gasteiger partial charge in [-0.25, -0.2) is 0 Å². The van der Waals surface area contributed by atoms with Gasteiger partial charge in [0.05, 0.1) is 6.61 Å². The second-order valence-electron chi connectivity index (χ2n) is 3.95. The van der Waals surface area contributed by atoms with Crippen molar-refractivity contribution in [2.75, 3.05) is 18.6 Å². The summed E-state index contributed by atoms with van der Waals surface area (Å²) in [6.45, 7) is 2.96. The van der Waals surface area contributed by atoms with Crippen LogP contribution in [0.4, 0.5) is 0 Å². The number of ether oxygens (including phenoxy) is 1. The lowest BCUT2D eigenvalue weighted by atomic mass is 10.2. The summed E-state index contributed by atoms with van der Waals surface area (Å²) < 4.78 is 5.08. The van der Waals surface area contributed by atoms with E-state index in [-0.39, 0.29) is 12.0 Å². The molecular formula is C14H21NO2S. The number of hydrogen-bond acceptors (Lipinski definition) is 4. The number of carbonyl (C=O) groups is 1. The molecule has 1 aromatic carbocycles. The zero-order chi connectivity index (χ0) is 13.2. The largest absolute Gasteiger partial charge is 0.465 e. The van der Waals surface area contributed by atoms with Gasteiger partial charge < -0.3 is 10.1 Å². The molecule has 0 heterocycles. The van der Waals surface area contributed by atoms with Crippen LogP contribution in [-0.4, -0.2) is 30.6 Å². The Balaban J connectivity index is 2.47. The van der Waals surface area contributed by atoms with Gasteiger partial charge in [0.2, 0.25) is 0 Å². The normalized spacial score (nSPS) is 12.1. The number of hydrogen-bond donors (Lipinski definition) is 1. The standard InChI is InChI=1S/C14H21NO2S/c1-3-17-14(16)13(9-10-18-2)15-11-12-7-5-4-6-8-12/h4-8,13,15H,3,9-11H2,1-2H3. The molecule has 0 aromatic heterocycles. The fourth-order valence-corrected chi connectivity index (χ4v) is 2.09. The van der Waals surface area contributed by atoms with Crippen LogP contribution in [0.2, 0.25) is 0 Å². The van der Waals surface area contributed by atoms with Gasteiger partial charge in [-0.15, -0.1) is 0 Å². The Morgan fingerprint density at radius 3 is 2.72 bits per heavy atom. The fraction of sp³-hybridized carbons (Fsp3) is 0.500. The van der Waals surface area contributed by atoms with E-state index in [2.05, 4.69) is 5.32 Å². The van der Waals surface area contributed by atoms with E-state index >= 15 is 0 Å². The highest BCUT2D eigenvalue weighted by molar-refractivity contribution is 7.98. The summed E-state index contributed by atoms with van der Waals surface area (Å²) in [6.07, 6.45) is 2.84. The minimum absolute atomic E-state index is 0.150. The second kappa shape index (κ2) is 9.00. The third-order valence-electron chi connectivity index (χ3n) is 2.58. The smallest absolute Gasteiger partial charge is 0.323 e. The zero-order valence-electron chi connectivity index (χ0n) is 11.0. The lowest BCUT2D eigenvalue weighted by Crippen LogP contribution is -2.38. The lowest BCUT2D eigenvalue weighted by molar-refractivity contribution is -0.145. The molecule has 0 saturated carbocycles. The molecule has 3 nitrogen and oxygen atoms in total. The SMILES string of the molecule is CCOC(=O)C(CCSC)NCc1ccccc1. The summed E-state index contributed by atoms with van der Waals surface area (Å²) in [4.78, 5) is 11.8. The van der Waals surface area contributed by atoms with Crippen molar-refractivity contribution in [2.24, 2.45) is 0 Å². The van der Waals surface area contributed by atoms with Crippen molar-refractivity contribution >= 4 is 17.7 Å². The first kappa shape index (κ1) is 15.1. The molecule has 0 bridgehead atoms. The first-order valence-electron chi connectivity index (χ1n) is 6.20. The molecule has 0 fully saturated rings. The summed E-state index contributed by atoms with van der Waals surface area (Å²) in [5.74, 6) is 0.799. The second-order valence-corrected chi connectivity index (χ2v) is 4.94. The molecule has 18 heavy (non-hydrogen) atoms. The van der Waals surface area contributed by atoms with E-state index in [0.29, 0.717) is 13.2 Å². The van der Waals surface area contributed by atoms with Crippen molar-refractivity contribution in [3.63, 3.8) is 0 Å². The number of thioether (sulfide) groups is 1. The maximum Gasteiger partial charge on any atom is 0.323 e. The predicted molar refractivity (Wildman–Crippen MR) is 76.7 cm³/mol. The van der Waals surface area contributed by atoms with Gasteiger partial charge in [-0.05, 0) is 30.9 Å². The Hall–Kier alpha value is -1.00. The van der Waals surface area contributed by atoms with E-state index in [1.807, 2.05) is 43.5 Å². The molecule has 1 aromatic rings. The maximum absolute atomic E-state index is 11.8. The van der Waals surface area contributed by atoms with Crippen LogP contribution < -0.4 is 5.32 Å². The molecule has 0 spiro atoms. The van der Waals surface area contributed by atoms with E-state index in [4.69, 9.17) is 4.74 Å². The number of esters is 1. The van der Waals surface area contributed by atoms with E-state index in [1.165, 1.54) is 5.56 Å². The molecule has 4 heteroatoms. The van der Waals surface area contributed by atoms with E-state index in [1.54, 1.807) is 11.8 Å². The molecular weight excluding hydrogens is 246 g/mol. The Bertz CT molecular complexity index is 343. The zero-order valence-corrected chi connectivity index (χ0v) is 11.8. The highest BCUT2D eigenvalue weighted by atomic mass is 32.2. The van der Waals surface area contributed by atoms with Crippen LogP contribution in [0.25, 0.3) is 0 Å². The van der Waals surface area contributed by atoms with Gasteiger partial charge in [0.25, 0.3) is 0 Å². The van der Waals surface area contributed by atoms with Crippen LogP contribution in [-0.2, 0) is 16.1 Å². The van der Waals surface area contributed by atoms with Crippen molar-refractivity contribution in [1.29, 1.82) is 0 Å². The Kier molecular flexibility index (Phi) is 7.53. The summed E-state index contributed by atoms with van der Waals surface area (Å²) in [5.41, 5.74) is 1.18. The summed E-state index contributed by atoms with van der Waals surface area (Å²) >= 11 is 1.74. The van der Waals surface area contributed by atoms with Gasteiger partial charge in [0.1, 0.15) is 6.04 Å². The molecule has 0 aliphatic rings. The number of rotatable bonds is 8. The van der Waals surface area contributed by atoms with Gasteiger partial charge in [0, 0.05) is 6.54 Å². The summed E-state index contributed by atoms with van der Waals surface area (Å²) in [6, 6.07) is 9.86. The first-order chi connectivity index (χ1) is 8.77. The third kappa shape index (κ3) is 5.56. The highest BCUT2D eigenvalue weighted by Crippen LogP contribution is 2.05. The summed E-state index contributed by atoms with van der Waals surface area (Å²) in [7, 11) is 0. The van der Waals surface area contributed by atoms with Gasteiger partial charge in [0.15, 0.2) is 0 Å². The highest BCUT2D eigenvalue weighted by Gasteiger charge is 2.18. The van der Waals surface area contributed by atoms with E-state index < -0.39 is 0 Å². The Labute approximate surface area is 113 Å². The molecule has 0 saturated heterocycles. The first-order valence-corrected chi connectivity index (χ1v) is 7.60. The molecule has 0 radical (unpaired) electrons. The van der Waals surface area contributed by atoms with Crippen molar-refractivity contribution in [2.45, 2.75) is 25.9 Å². The van der Waals surface area contributed by atoms with E-state index in [0.717, 1.165) is 12.2 Å². The molecule has 1 unspecified atom stereocenters. The number of benzene rings is 1. The van der Waals surface area contributed by atoms with Gasteiger partial charge in [-0.1, -0.05) is 30.3 Å². The van der Waals surface area contributed by atoms with Crippen LogP contribution in [0.1, 0.15) is 18.9 Å². The topological polar surface area (TPSA) is 38.3 Å². The van der Waals surface area contributed by atoms with Crippen LogP contribution in [0.15, 0.2) is 30.3 Å². The maximum atomic E-state index is 11.8. The molecule has 1 rings (SSSR count). The van der Waals surface area contributed by atoms with Crippen molar-refractivity contribution in [1.82, 2.24) is 5.32 Å². The lowest BCUT2D eigenvalue weighted by Gasteiger charge is -2.16. The molecule has 100 valence electrons. The fourth-order valence-electron chi connectivity index (χ4n) is 1.62. The molecule has 0 aliphatic carbocycles. The Morgan fingerprint density at radius 1 is 1.39 bits per heavy atom. The van der Waals surface area contributed by atoms with Gasteiger partial charge in [-0.2, -0.15) is 11.8 Å². The van der Waals surface area contributed by atoms with Crippen LogP contribution in [0, 0.1) is 0 Å². The average Bonchev–Trinajstić information content (AvgIpc) is 2.40. The molecule has 0 aliphatic heterocycles. The molecule has 1 N–H and O–H groups in total. The minimum Gasteiger partial charge on any atom is -0.465 e. The predicted octanol–water partition coefficient (Wildman–Crippen LogP) is 2.46. The van der Waals surface area contributed by atoms with Crippen LogP contribution in [0.5, 0.6) is 0 Å². The quantitative estimate of drug-likeness (QED) is 0.734. The third-order valence-corrected chi connectivity index (χ3v) is 3.22. The molecule has 1 atom stereocenters. The van der Waals surface area contributed by atoms with Crippen molar-refractivity contribution in [3.05, 3.63) is 35.9 Å². The number of nitrogens with one attached hydrogen (secondary N) is 1. The average molecular weight is 267 g/mol. The molecule has 0 amide bonds. The van der Waals surface area contributed by atoms with Crippen molar-refractivity contribution < 1.29 is 9.53 Å². The Morgan fingerprint density at radius 2 is 2.11 bits per heavy atom. The van der Waals surface area contributed by atoms with Gasteiger partial charge in [-0.3, -0.25) is 4.79 Å². The van der Waals surface area contributed by atoms with Gasteiger partial charge >= 0.3 is 5.97 Å². The monoisotopic (exact) mass is 267 g/mol. The number of carbonyl (C=O) groups excluding carboxylic acids is 1. The van der Waals surface area contributed by atoms with Crippen molar-refractivity contribution in [3.8, 4) is 0 Å². The van der Waals surface area contributed by atoms with E-state index in [9.17, 15) is 4.79 Å². The minimum atomic E-state index is -0.211.